The van der Waals surface area contributed by atoms with Gasteiger partial charge in [0, 0.05) is 5.25 Å². The Kier molecular flexibility index (Phi) is 6.02. The zero-order valence-corrected chi connectivity index (χ0v) is 9.64. The highest BCUT2D eigenvalue weighted by molar-refractivity contribution is 7.81. The molecule has 0 bridgehead atoms. The molecule has 1 nitrogen and oxygen atoms in total. The Hall–Kier alpha value is 0.310. The molecule has 2 heteroatoms. The van der Waals surface area contributed by atoms with Crippen molar-refractivity contribution in [3.63, 3.8) is 0 Å². The second-order valence-corrected chi connectivity index (χ2v) is 4.57. The summed E-state index contributed by atoms with van der Waals surface area (Å²) in [6.07, 6.45) is 1.14. The quantitative estimate of drug-likeness (QED) is 0.639. The minimum absolute atomic E-state index is 0.522. The number of thiol groups is 1. The van der Waals surface area contributed by atoms with Gasteiger partial charge in [-0.2, -0.15) is 12.6 Å². The first-order valence-corrected chi connectivity index (χ1v) is 5.44. The largest absolute Gasteiger partial charge is 0.330 e. The average molecular weight is 189 g/mol. The third kappa shape index (κ3) is 3.36. The first-order chi connectivity index (χ1) is 5.54. The number of nitrogens with two attached hydrogens (primary N) is 1. The Morgan fingerprint density at radius 2 is 1.67 bits per heavy atom. The van der Waals surface area contributed by atoms with Gasteiger partial charge in [-0.15, -0.1) is 0 Å². The Morgan fingerprint density at radius 1 is 1.17 bits per heavy atom. The number of hydrogen-bond donors (Lipinski definition) is 2. The van der Waals surface area contributed by atoms with E-state index >= 15 is 0 Å². The third-order valence-corrected chi connectivity index (χ3v) is 3.96. The summed E-state index contributed by atoms with van der Waals surface area (Å²) in [4.78, 5) is 0. The van der Waals surface area contributed by atoms with Crippen LogP contribution in [0.5, 0.6) is 0 Å². The molecule has 0 aliphatic carbocycles. The van der Waals surface area contributed by atoms with Crippen LogP contribution in [0.2, 0.25) is 0 Å². The second kappa shape index (κ2) is 5.87. The molecule has 0 aromatic heterocycles. The van der Waals surface area contributed by atoms with Gasteiger partial charge >= 0.3 is 0 Å². The van der Waals surface area contributed by atoms with Crippen molar-refractivity contribution in [1.29, 1.82) is 0 Å². The van der Waals surface area contributed by atoms with Gasteiger partial charge in [0.05, 0.1) is 0 Å². The topological polar surface area (TPSA) is 26.0 Å². The summed E-state index contributed by atoms with van der Waals surface area (Å²) < 4.78 is 0. The second-order valence-electron chi connectivity index (χ2n) is 3.91. The molecule has 0 rings (SSSR count). The lowest BCUT2D eigenvalue weighted by atomic mass is 9.82. The van der Waals surface area contributed by atoms with Crippen LogP contribution in [0.15, 0.2) is 0 Å². The summed E-state index contributed by atoms with van der Waals surface area (Å²) in [5, 5.41) is 0.522. The zero-order chi connectivity index (χ0) is 9.72. The van der Waals surface area contributed by atoms with Crippen LogP contribution in [-0.4, -0.2) is 11.8 Å². The molecule has 0 aromatic rings. The molecule has 0 saturated heterocycles. The van der Waals surface area contributed by atoms with Gasteiger partial charge in [-0.1, -0.05) is 27.7 Å². The Labute approximate surface area is 82.5 Å². The molecular weight excluding hydrogens is 166 g/mol. The summed E-state index contributed by atoms with van der Waals surface area (Å²) in [5.41, 5.74) is 5.63. The van der Waals surface area contributed by atoms with E-state index < -0.39 is 0 Å². The van der Waals surface area contributed by atoms with Gasteiger partial charge in [0.1, 0.15) is 0 Å². The van der Waals surface area contributed by atoms with Crippen molar-refractivity contribution in [2.24, 2.45) is 23.5 Å². The summed E-state index contributed by atoms with van der Waals surface area (Å²) in [5.74, 6) is 1.95. The molecule has 0 fully saturated rings. The molecule has 4 unspecified atom stereocenters. The minimum Gasteiger partial charge on any atom is -0.330 e. The summed E-state index contributed by atoms with van der Waals surface area (Å²) in [6, 6.07) is 0. The maximum atomic E-state index is 5.63. The third-order valence-electron chi connectivity index (χ3n) is 3.12. The fourth-order valence-corrected chi connectivity index (χ4v) is 1.73. The standard InChI is InChI=1S/C10H23NS/c1-5-10(12)9(4)8(3)7(2)6-11/h7-10,12H,5-6,11H2,1-4H3. The molecule has 0 aromatic carbocycles. The molecule has 0 amide bonds. The van der Waals surface area contributed by atoms with Gasteiger partial charge in [0.25, 0.3) is 0 Å². The van der Waals surface area contributed by atoms with Crippen LogP contribution in [0.25, 0.3) is 0 Å². The molecule has 0 radical (unpaired) electrons. The smallest absolute Gasteiger partial charge is 0.00424 e. The molecule has 4 atom stereocenters. The van der Waals surface area contributed by atoms with Crippen molar-refractivity contribution in [2.75, 3.05) is 6.54 Å². The van der Waals surface area contributed by atoms with Crippen molar-refractivity contribution in [2.45, 2.75) is 39.4 Å². The van der Waals surface area contributed by atoms with E-state index in [1.807, 2.05) is 0 Å². The Morgan fingerprint density at radius 3 is 2.00 bits per heavy atom. The predicted molar refractivity (Wildman–Crippen MR) is 59.6 cm³/mol. The van der Waals surface area contributed by atoms with Gasteiger partial charge in [0.2, 0.25) is 0 Å². The van der Waals surface area contributed by atoms with Gasteiger partial charge in [-0.3, -0.25) is 0 Å². The van der Waals surface area contributed by atoms with Gasteiger partial charge in [-0.05, 0) is 30.7 Å². The summed E-state index contributed by atoms with van der Waals surface area (Å²) >= 11 is 4.56. The van der Waals surface area contributed by atoms with E-state index in [1.54, 1.807) is 0 Å². The Bertz CT molecular complexity index is 102. The van der Waals surface area contributed by atoms with Crippen LogP contribution < -0.4 is 5.73 Å². The molecule has 74 valence electrons. The lowest BCUT2D eigenvalue weighted by Gasteiger charge is -2.28. The van der Waals surface area contributed by atoms with E-state index in [0.717, 1.165) is 13.0 Å². The van der Waals surface area contributed by atoms with Crippen molar-refractivity contribution < 1.29 is 0 Å². The SMILES string of the molecule is CCC(S)C(C)C(C)C(C)CN. The molecule has 2 N–H and O–H groups in total. The molecule has 0 saturated carbocycles. The molecule has 0 spiro atoms. The van der Waals surface area contributed by atoms with E-state index in [2.05, 4.69) is 40.3 Å². The van der Waals surface area contributed by atoms with Crippen molar-refractivity contribution in [3.05, 3.63) is 0 Å². The maximum Gasteiger partial charge on any atom is 0.00424 e. The fourth-order valence-electron chi connectivity index (χ4n) is 1.46. The van der Waals surface area contributed by atoms with Crippen LogP contribution in [0.4, 0.5) is 0 Å². The predicted octanol–water partition coefficient (Wildman–Crippen LogP) is 2.56. The monoisotopic (exact) mass is 189 g/mol. The lowest BCUT2D eigenvalue weighted by molar-refractivity contribution is 0.276. The van der Waals surface area contributed by atoms with E-state index in [4.69, 9.17) is 5.73 Å². The highest BCUT2D eigenvalue weighted by atomic mass is 32.1. The normalized spacial score (nSPS) is 21.5. The van der Waals surface area contributed by atoms with Crippen LogP contribution in [0, 0.1) is 17.8 Å². The minimum atomic E-state index is 0.522. The highest BCUT2D eigenvalue weighted by Crippen LogP contribution is 2.26. The first-order valence-electron chi connectivity index (χ1n) is 4.92. The summed E-state index contributed by atoms with van der Waals surface area (Å²) in [7, 11) is 0. The average Bonchev–Trinajstić information content (AvgIpc) is 2.12. The van der Waals surface area contributed by atoms with Gasteiger partial charge in [0.15, 0.2) is 0 Å². The summed E-state index contributed by atoms with van der Waals surface area (Å²) in [6.45, 7) is 9.75. The molecule has 0 heterocycles. The van der Waals surface area contributed by atoms with E-state index in [0.29, 0.717) is 23.0 Å². The highest BCUT2D eigenvalue weighted by Gasteiger charge is 2.22. The van der Waals surface area contributed by atoms with Crippen LogP contribution in [-0.2, 0) is 0 Å². The number of hydrogen-bond acceptors (Lipinski definition) is 2. The van der Waals surface area contributed by atoms with Gasteiger partial charge < -0.3 is 5.73 Å². The molecular formula is C10H23NS. The van der Waals surface area contributed by atoms with Crippen molar-refractivity contribution in [1.82, 2.24) is 0 Å². The van der Waals surface area contributed by atoms with Crippen molar-refractivity contribution >= 4 is 12.6 Å². The maximum absolute atomic E-state index is 5.63. The Balaban J connectivity index is 3.99. The fraction of sp³-hybridized carbons (Fsp3) is 1.00. The molecule has 0 aliphatic rings. The lowest BCUT2D eigenvalue weighted by Crippen LogP contribution is -2.28. The van der Waals surface area contributed by atoms with Crippen LogP contribution >= 0.6 is 12.6 Å². The first kappa shape index (κ1) is 12.3. The molecule has 12 heavy (non-hydrogen) atoms. The van der Waals surface area contributed by atoms with Crippen molar-refractivity contribution in [3.8, 4) is 0 Å². The van der Waals surface area contributed by atoms with E-state index in [9.17, 15) is 0 Å². The van der Waals surface area contributed by atoms with Gasteiger partial charge in [-0.25, -0.2) is 0 Å². The van der Waals surface area contributed by atoms with E-state index in [1.165, 1.54) is 0 Å². The van der Waals surface area contributed by atoms with E-state index in [-0.39, 0.29) is 0 Å². The zero-order valence-electron chi connectivity index (χ0n) is 8.75. The molecule has 0 aliphatic heterocycles. The number of rotatable bonds is 5. The van der Waals surface area contributed by atoms with Crippen LogP contribution in [0.3, 0.4) is 0 Å². The van der Waals surface area contributed by atoms with Crippen LogP contribution in [0.1, 0.15) is 34.1 Å².